The van der Waals surface area contributed by atoms with Gasteiger partial charge in [-0.2, -0.15) is 0 Å². The lowest BCUT2D eigenvalue weighted by molar-refractivity contribution is 0.0944. The summed E-state index contributed by atoms with van der Waals surface area (Å²) in [6.45, 7) is 1.94. The second-order valence-electron chi connectivity index (χ2n) is 3.23. The molecule has 1 N–H and O–H groups in total. The van der Waals surface area contributed by atoms with Gasteiger partial charge in [0.25, 0.3) is 5.91 Å². The molecule has 0 aliphatic rings. The van der Waals surface area contributed by atoms with E-state index in [0.717, 1.165) is 14.5 Å². The van der Waals surface area contributed by atoms with Crippen LogP contribution in [0.25, 0.3) is 0 Å². The van der Waals surface area contributed by atoms with Crippen LogP contribution in [0.1, 0.15) is 23.7 Å². The molecule has 0 saturated carbocycles. The van der Waals surface area contributed by atoms with Crippen LogP contribution in [0.5, 0.6) is 0 Å². The molecule has 0 fully saturated rings. The number of terminal acetylenes is 1. The Bertz CT molecular complexity index is 439. The zero-order chi connectivity index (χ0) is 12.1. The maximum absolute atomic E-state index is 11.9. The predicted molar refractivity (Wildman–Crippen MR) is 77.2 cm³/mol. The summed E-state index contributed by atoms with van der Waals surface area (Å²) in [5, 5.41) is 2.79. The minimum Gasteiger partial charge on any atom is -0.338 e. The molecule has 84 valence electrons. The van der Waals surface area contributed by atoms with Crippen molar-refractivity contribution in [2.45, 2.75) is 19.4 Å². The van der Waals surface area contributed by atoms with Gasteiger partial charge in [0.1, 0.15) is 0 Å². The Morgan fingerprint density at radius 1 is 1.69 bits per heavy atom. The lowest BCUT2D eigenvalue weighted by Crippen LogP contribution is -2.33. The van der Waals surface area contributed by atoms with Gasteiger partial charge in [-0.25, -0.2) is 0 Å². The van der Waals surface area contributed by atoms with Crippen molar-refractivity contribution in [3.05, 3.63) is 31.8 Å². The van der Waals surface area contributed by atoms with Gasteiger partial charge < -0.3 is 5.32 Å². The summed E-state index contributed by atoms with van der Waals surface area (Å²) in [4.78, 5) is 11.9. The Labute approximate surface area is 117 Å². The van der Waals surface area contributed by atoms with Crippen LogP contribution in [-0.4, -0.2) is 11.9 Å². The Hall–Kier alpha value is -0.540. The monoisotopic (exact) mass is 391 g/mol. The molecule has 0 radical (unpaired) electrons. The van der Waals surface area contributed by atoms with E-state index in [4.69, 9.17) is 6.42 Å². The Morgan fingerprint density at radius 3 is 2.94 bits per heavy atom. The highest BCUT2D eigenvalue weighted by Gasteiger charge is 2.13. The standard InChI is InChI=1S/C12H11BrINO/c1-3-9(4-2)15-12(16)10-7-8(14)5-6-11(10)13/h1,5-7,9H,4H2,2H3,(H,15,16). The van der Waals surface area contributed by atoms with Crippen molar-refractivity contribution >= 4 is 44.4 Å². The van der Waals surface area contributed by atoms with E-state index in [0.29, 0.717) is 5.56 Å². The van der Waals surface area contributed by atoms with Crippen LogP contribution in [0.4, 0.5) is 0 Å². The van der Waals surface area contributed by atoms with Gasteiger partial charge in [-0.05, 0) is 63.1 Å². The van der Waals surface area contributed by atoms with Crippen molar-refractivity contribution in [1.29, 1.82) is 0 Å². The number of halogens is 2. The van der Waals surface area contributed by atoms with E-state index in [9.17, 15) is 4.79 Å². The Morgan fingerprint density at radius 2 is 2.38 bits per heavy atom. The molecule has 1 unspecified atom stereocenters. The molecule has 1 atom stereocenters. The summed E-state index contributed by atoms with van der Waals surface area (Å²) in [6, 6.07) is 5.40. The van der Waals surface area contributed by atoms with Crippen LogP contribution in [0.3, 0.4) is 0 Å². The second kappa shape index (κ2) is 6.26. The zero-order valence-corrected chi connectivity index (χ0v) is 12.5. The van der Waals surface area contributed by atoms with E-state index in [-0.39, 0.29) is 11.9 Å². The van der Waals surface area contributed by atoms with E-state index in [1.54, 1.807) is 0 Å². The number of carbonyl (C=O) groups excluding carboxylic acids is 1. The largest absolute Gasteiger partial charge is 0.338 e. The molecule has 1 aromatic rings. The van der Waals surface area contributed by atoms with E-state index < -0.39 is 0 Å². The highest BCUT2D eigenvalue weighted by molar-refractivity contribution is 14.1. The van der Waals surface area contributed by atoms with Crippen LogP contribution in [0.15, 0.2) is 22.7 Å². The molecule has 1 amide bonds. The third kappa shape index (κ3) is 3.49. The Kier molecular flexibility index (Phi) is 5.29. The van der Waals surface area contributed by atoms with Crippen LogP contribution >= 0.6 is 38.5 Å². The summed E-state index contributed by atoms with van der Waals surface area (Å²) in [5.74, 6) is 2.39. The van der Waals surface area contributed by atoms with Crippen molar-refractivity contribution < 1.29 is 4.79 Å². The number of carbonyl (C=O) groups is 1. The average Bonchev–Trinajstić information content (AvgIpc) is 2.28. The number of amides is 1. The van der Waals surface area contributed by atoms with Gasteiger partial charge >= 0.3 is 0 Å². The quantitative estimate of drug-likeness (QED) is 0.622. The molecule has 1 rings (SSSR count). The Balaban J connectivity index is 2.89. The normalized spacial score (nSPS) is 11.6. The van der Waals surface area contributed by atoms with Gasteiger partial charge in [0, 0.05) is 8.04 Å². The molecule has 0 aliphatic carbocycles. The number of hydrogen-bond acceptors (Lipinski definition) is 1. The smallest absolute Gasteiger partial charge is 0.253 e. The van der Waals surface area contributed by atoms with Gasteiger partial charge in [-0.3, -0.25) is 4.79 Å². The molecular weight excluding hydrogens is 381 g/mol. The maximum atomic E-state index is 11.9. The van der Waals surface area contributed by atoms with Crippen LogP contribution in [0.2, 0.25) is 0 Å². The second-order valence-corrected chi connectivity index (χ2v) is 5.33. The van der Waals surface area contributed by atoms with Crippen molar-refractivity contribution in [3.63, 3.8) is 0 Å². The molecule has 0 spiro atoms. The summed E-state index contributed by atoms with van der Waals surface area (Å²) in [5.41, 5.74) is 0.612. The summed E-state index contributed by atoms with van der Waals surface area (Å²) in [7, 11) is 0. The number of benzene rings is 1. The van der Waals surface area contributed by atoms with E-state index in [1.807, 2.05) is 25.1 Å². The molecule has 0 bridgehead atoms. The topological polar surface area (TPSA) is 29.1 Å². The number of hydrogen-bond donors (Lipinski definition) is 1. The maximum Gasteiger partial charge on any atom is 0.253 e. The third-order valence-electron chi connectivity index (χ3n) is 2.09. The van der Waals surface area contributed by atoms with Crippen molar-refractivity contribution in [2.24, 2.45) is 0 Å². The van der Waals surface area contributed by atoms with Gasteiger partial charge in [0.2, 0.25) is 0 Å². The van der Waals surface area contributed by atoms with E-state index in [1.165, 1.54) is 0 Å². The first-order chi connectivity index (χ1) is 7.58. The first-order valence-corrected chi connectivity index (χ1v) is 6.67. The minimum absolute atomic E-state index is 0.143. The van der Waals surface area contributed by atoms with Crippen LogP contribution in [0, 0.1) is 15.9 Å². The minimum atomic E-state index is -0.211. The van der Waals surface area contributed by atoms with E-state index in [2.05, 4.69) is 49.8 Å². The third-order valence-corrected chi connectivity index (χ3v) is 3.45. The molecule has 4 heteroatoms. The van der Waals surface area contributed by atoms with Gasteiger partial charge in [-0.15, -0.1) is 6.42 Å². The van der Waals surface area contributed by atoms with E-state index >= 15 is 0 Å². The first kappa shape index (κ1) is 13.5. The average molecular weight is 392 g/mol. The molecule has 0 heterocycles. The summed E-state index contributed by atoms with van der Waals surface area (Å²) >= 11 is 5.52. The SMILES string of the molecule is C#CC(CC)NC(=O)c1cc(I)ccc1Br. The molecular formula is C12H11BrINO. The summed E-state index contributed by atoms with van der Waals surface area (Å²) < 4.78 is 1.79. The molecule has 0 aliphatic heterocycles. The fourth-order valence-corrected chi connectivity index (χ4v) is 2.09. The highest BCUT2D eigenvalue weighted by atomic mass is 127. The molecule has 2 nitrogen and oxygen atoms in total. The molecule has 1 aromatic carbocycles. The number of rotatable bonds is 3. The lowest BCUT2D eigenvalue weighted by Gasteiger charge is -2.11. The van der Waals surface area contributed by atoms with Crippen molar-refractivity contribution in [2.75, 3.05) is 0 Å². The molecule has 16 heavy (non-hydrogen) atoms. The van der Waals surface area contributed by atoms with Crippen LogP contribution in [-0.2, 0) is 0 Å². The molecule has 0 aromatic heterocycles. The highest BCUT2D eigenvalue weighted by Crippen LogP contribution is 2.19. The van der Waals surface area contributed by atoms with Gasteiger partial charge in [-0.1, -0.05) is 12.8 Å². The van der Waals surface area contributed by atoms with Crippen molar-refractivity contribution in [1.82, 2.24) is 5.32 Å². The fraction of sp³-hybridized carbons (Fsp3) is 0.250. The summed E-state index contributed by atoms with van der Waals surface area (Å²) in [6.07, 6.45) is 6.03. The predicted octanol–water partition coefficient (Wildman–Crippen LogP) is 3.20. The lowest BCUT2D eigenvalue weighted by atomic mass is 10.2. The zero-order valence-electron chi connectivity index (χ0n) is 8.76. The van der Waals surface area contributed by atoms with Gasteiger partial charge in [0.05, 0.1) is 11.6 Å². The van der Waals surface area contributed by atoms with Crippen molar-refractivity contribution in [3.8, 4) is 12.3 Å². The molecule has 0 saturated heterocycles. The van der Waals surface area contributed by atoms with Gasteiger partial charge in [0.15, 0.2) is 0 Å². The van der Waals surface area contributed by atoms with Crippen LogP contribution < -0.4 is 5.32 Å². The number of nitrogens with one attached hydrogen (secondary N) is 1. The fourth-order valence-electron chi connectivity index (χ4n) is 1.17. The first-order valence-electron chi connectivity index (χ1n) is 4.80.